The second kappa shape index (κ2) is 12.1. The number of hydrogen-bond donors (Lipinski definition) is 2. The highest BCUT2D eigenvalue weighted by Crippen LogP contribution is 2.26. The molecule has 4 rings (SSSR count). The first-order chi connectivity index (χ1) is 19.1. The van der Waals surface area contributed by atoms with E-state index in [0.29, 0.717) is 11.0 Å². The van der Waals surface area contributed by atoms with E-state index in [1.807, 2.05) is 0 Å². The van der Waals surface area contributed by atoms with Crippen LogP contribution in [0.1, 0.15) is 16.9 Å². The van der Waals surface area contributed by atoms with Crippen LogP contribution >= 0.6 is 0 Å². The number of carbonyl (C=O) groups excluding carboxylic acids is 3. The number of aromatic nitrogens is 1. The number of para-hydroxylation sites is 1. The molecule has 15 heteroatoms. The zero-order chi connectivity index (χ0) is 29.0. The number of Topliss-reactive ketones (excluding diaryl/α,β-unsaturated/α-hetero) is 1. The van der Waals surface area contributed by atoms with Crippen LogP contribution in [0.2, 0.25) is 0 Å². The number of fused-ring (bicyclic) bond motifs is 1. The molecule has 2 unspecified atom stereocenters. The summed E-state index contributed by atoms with van der Waals surface area (Å²) in [5.41, 5.74) is 0.394. The van der Waals surface area contributed by atoms with E-state index in [-0.39, 0.29) is 38.1 Å². The maximum Gasteiger partial charge on any atom is 0.305 e. The molecule has 1 aliphatic rings. The largest absolute Gasteiger partial charge is 0.481 e. The maximum atomic E-state index is 13.8. The molecular weight excluding hydrogens is 546 g/mol. The third kappa shape index (κ3) is 6.20. The van der Waals surface area contributed by atoms with Gasteiger partial charge in [-0.25, -0.2) is 8.78 Å². The molecule has 3 aromatic rings. The number of carboxylic acids is 1. The van der Waals surface area contributed by atoms with Crippen molar-refractivity contribution in [2.45, 2.75) is 12.5 Å². The lowest BCUT2D eigenvalue weighted by Gasteiger charge is -2.24. The van der Waals surface area contributed by atoms with E-state index in [9.17, 15) is 41.8 Å². The Hall–Kier alpha value is -4.53. The summed E-state index contributed by atoms with van der Waals surface area (Å²) < 4.78 is 69.7. The number of carboxylic acid groups (broad SMARTS) is 1. The molecule has 0 aliphatic carbocycles. The summed E-state index contributed by atoms with van der Waals surface area (Å²) >= 11 is 0. The predicted molar refractivity (Wildman–Crippen MR) is 125 cm³/mol. The smallest absolute Gasteiger partial charge is 0.305 e. The summed E-state index contributed by atoms with van der Waals surface area (Å²) in [5.74, 6) is -14.0. The van der Waals surface area contributed by atoms with Crippen LogP contribution in [0.4, 0.5) is 17.6 Å². The van der Waals surface area contributed by atoms with Gasteiger partial charge in [0.2, 0.25) is 17.5 Å². The normalized spacial score (nSPS) is 16.3. The first-order valence-electron chi connectivity index (χ1n) is 11.8. The molecule has 1 aliphatic heterocycles. The summed E-state index contributed by atoms with van der Waals surface area (Å²) in [4.78, 5) is 51.4. The molecule has 0 spiro atoms. The van der Waals surface area contributed by atoms with Crippen LogP contribution in [0, 0.1) is 29.2 Å². The van der Waals surface area contributed by atoms with Crippen molar-refractivity contribution in [3.8, 4) is 5.75 Å². The van der Waals surface area contributed by atoms with Gasteiger partial charge in [-0.15, -0.1) is 0 Å². The Morgan fingerprint density at radius 3 is 2.52 bits per heavy atom. The first-order valence-corrected chi connectivity index (χ1v) is 11.8. The van der Waals surface area contributed by atoms with Gasteiger partial charge in [-0.2, -0.15) is 8.78 Å². The van der Waals surface area contributed by atoms with Gasteiger partial charge >= 0.3 is 5.97 Å². The van der Waals surface area contributed by atoms with Crippen molar-refractivity contribution >= 4 is 34.5 Å². The molecule has 2 amide bonds. The third-order valence-electron chi connectivity index (χ3n) is 6.02. The van der Waals surface area contributed by atoms with Crippen molar-refractivity contribution < 1.29 is 55.8 Å². The van der Waals surface area contributed by atoms with Crippen LogP contribution in [-0.4, -0.2) is 77.7 Å². The van der Waals surface area contributed by atoms with Crippen molar-refractivity contribution in [2.24, 2.45) is 5.92 Å². The number of hydrogen-bond acceptors (Lipinski definition) is 8. The molecule has 0 radical (unpaired) electrons. The maximum absolute atomic E-state index is 13.8. The van der Waals surface area contributed by atoms with E-state index < -0.39 is 77.6 Å². The van der Waals surface area contributed by atoms with Gasteiger partial charge in [0.05, 0.1) is 30.9 Å². The number of carbonyl (C=O) groups is 4. The van der Waals surface area contributed by atoms with Crippen LogP contribution in [0.15, 0.2) is 34.9 Å². The van der Waals surface area contributed by atoms with Crippen LogP contribution in [0.3, 0.4) is 0 Å². The Balaban J connectivity index is 1.45. The zero-order valence-corrected chi connectivity index (χ0v) is 20.5. The van der Waals surface area contributed by atoms with Crippen LogP contribution < -0.4 is 10.1 Å². The Morgan fingerprint density at radius 1 is 1.12 bits per heavy atom. The van der Waals surface area contributed by atoms with Crippen LogP contribution in [0.5, 0.6) is 5.75 Å². The van der Waals surface area contributed by atoms with E-state index in [0.717, 1.165) is 0 Å². The predicted octanol–water partition coefficient (Wildman–Crippen LogP) is 2.08. The van der Waals surface area contributed by atoms with Crippen LogP contribution in [0.25, 0.3) is 11.0 Å². The van der Waals surface area contributed by atoms with E-state index >= 15 is 0 Å². The monoisotopic (exact) mass is 567 g/mol. The van der Waals surface area contributed by atoms with Gasteiger partial charge in [0.1, 0.15) is 12.6 Å². The van der Waals surface area contributed by atoms with E-state index in [1.54, 1.807) is 24.3 Å². The third-order valence-corrected chi connectivity index (χ3v) is 6.02. The molecule has 2 aromatic carbocycles. The minimum atomic E-state index is -1.90. The number of aliphatic carboxylic acids is 1. The lowest BCUT2D eigenvalue weighted by Crippen LogP contribution is -2.49. The summed E-state index contributed by atoms with van der Waals surface area (Å²) in [6, 6.07) is 4.84. The van der Waals surface area contributed by atoms with Gasteiger partial charge in [-0.1, -0.05) is 17.3 Å². The van der Waals surface area contributed by atoms with Crippen molar-refractivity contribution in [3.63, 3.8) is 0 Å². The van der Waals surface area contributed by atoms with Gasteiger partial charge in [-0.05, 0) is 12.1 Å². The van der Waals surface area contributed by atoms with Gasteiger partial charge in [0, 0.05) is 19.2 Å². The van der Waals surface area contributed by atoms with Crippen molar-refractivity contribution in [1.29, 1.82) is 0 Å². The summed E-state index contributed by atoms with van der Waals surface area (Å²) in [6.45, 7) is -1.43. The van der Waals surface area contributed by atoms with Crippen LogP contribution in [-0.2, 0) is 19.1 Å². The summed E-state index contributed by atoms with van der Waals surface area (Å²) in [7, 11) is 0. The van der Waals surface area contributed by atoms with Crippen molar-refractivity contribution in [3.05, 3.63) is 59.3 Å². The lowest BCUT2D eigenvalue weighted by molar-refractivity contribution is -0.141. The summed E-state index contributed by atoms with van der Waals surface area (Å²) in [5, 5.41) is 15.7. The second-order valence-corrected chi connectivity index (χ2v) is 8.76. The molecule has 2 atom stereocenters. The molecule has 2 N–H and O–H groups in total. The number of ketones is 1. The highest BCUT2D eigenvalue weighted by molar-refractivity contribution is 6.04. The fourth-order valence-corrected chi connectivity index (χ4v) is 3.97. The first kappa shape index (κ1) is 28.5. The molecule has 40 heavy (non-hydrogen) atoms. The van der Waals surface area contributed by atoms with Crippen molar-refractivity contribution in [1.82, 2.24) is 15.4 Å². The molecule has 2 heterocycles. The topological polar surface area (TPSA) is 148 Å². The quantitative estimate of drug-likeness (QED) is 0.293. The molecule has 11 nitrogen and oxygen atoms in total. The van der Waals surface area contributed by atoms with E-state index in [1.165, 1.54) is 4.90 Å². The highest BCUT2D eigenvalue weighted by Gasteiger charge is 2.33. The molecule has 1 saturated heterocycles. The Labute approximate surface area is 222 Å². The minimum Gasteiger partial charge on any atom is -0.481 e. The Bertz CT molecular complexity index is 1440. The minimum absolute atomic E-state index is 0.0148. The summed E-state index contributed by atoms with van der Waals surface area (Å²) in [6.07, 6.45) is -0.947. The molecular formula is C25H21F4N3O8. The van der Waals surface area contributed by atoms with Gasteiger partial charge in [0.15, 0.2) is 34.4 Å². The number of amides is 2. The van der Waals surface area contributed by atoms with E-state index in [2.05, 4.69) is 15.2 Å². The Kier molecular flexibility index (Phi) is 8.62. The number of nitrogens with one attached hydrogen (secondary N) is 1. The fourth-order valence-electron chi connectivity index (χ4n) is 3.97. The molecule has 1 aromatic heterocycles. The molecule has 212 valence electrons. The van der Waals surface area contributed by atoms with Gasteiger partial charge in [0.25, 0.3) is 5.91 Å². The van der Waals surface area contributed by atoms with Gasteiger partial charge < -0.3 is 29.3 Å². The SMILES string of the molecule is O=C(O)CC(NC(=O)C1COCCN(C(=O)c2noc3ccccc23)C1)C(=O)COc1c(F)c(F)cc(F)c1F. The number of rotatable bonds is 9. The number of benzene rings is 2. The molecule has 0 saturated carbocycles. The average molecular weight is 567 g/mol. The number of halogens is 4. The average Bonchev–Trinajstić information content (AvgIpc) is 3.19. The standard InChI is InChI=1S/C25H21F4N3O8/c26-14-7-15(27)21(29)23(20(14)28)39-11-17(33)16(8-19(34)35)30-24(36)12-9-32(5-6-38-10-12)25(37)22-13-3-1-2-4-18(13)40-31-22/h1-4,7,12,16H,5-6,8-11H2,(H,30,36)(H,34,35). The van der Waals surface area contributed by atoms with Gasteiger partial charge in [-0.3, -0.25) is 19.2 Å². The number of nitrogens with zero attached hydrogens (tertiary/aromatic N) is 2. The van der Waals surface area contributed by atoms with E-state index in [4.69, 9.17) is 9.26 Å². The Morgan fingerprint density at radius 2 is 1.82 bits per heavy atom. The zero-order valence-electron chi connectivity index (χ0n) is 20.5. The second-order valence-electron chi connectivity index (χ2n) is 8.76. The lowest BCUT2D eigenvalue weighted by atomic mass is 10.1. The fraction of sp³-hybridized carbons (Fsp3) is 0.320. The van der Waals surface area contributed by atoms with Crippen molar-refractivity contribution in [2.75, 3.05) is 32.9 Å². The number of ether oxygens (including phenoxy) is 2. The molecule has 0 bridgehead atoms. The molecule has 1 fully saturated rings. The highest BCUT2D eigenvalue weighted by atomic mass is 19.2.